The Morgan fingerprint density at radius 2 is 1.23 bits per heavy atom. The Labute approximate surface area is 480 Å². The van der Waals surface area contributed by atoms with Crippen LogP contribution < -0.4 is 62.0 Å². The third kappa shape index (κ3) is 11.1. The van der Waals surface area contributed by atoms with Crippen LogP contribution in [0.2, 0.25) is 5.02 Å². The van der Waals surface area contributed by atoms with Crippen LogP contribution in [0, 0.1) is 15.6 Å². The number of rotatable bonds is 16. The number of hydrogen-bond donors (Lipinski definition) is 10. The van der Waals surface area contributed by atoms with E-state index in [1.807, 2.05) is 0 Å². The Hall–Kier alpha value is -6.23. The van der Waals surface area contributed by atoms with Crippen molar-refractivity contribution in [3.8, 4) is 0 Å². The second-order valence-electron chi connectivity index (χ2n) is 19.9. The summed E-state index contributed by atoms with van der Waals surface area (Å²) in [6.45, 7) is 0. The Bertz CT molecular complexity index is 3950. The topological polar surface area (TPSA) is 485 Å². The molecule has 0 spiro atoms. The maximum atomic E-state index is 14.0. The number of halogens is 3. The number of nitrogens with one attached hydrogen (secondary N) is 5. The van der Waals surface area contributed by atoms with Gasteiger partial charge in [-0.3, -0.25) is 71.7 Å². The summed E-state index contributed by atoms with van der Waals surface area (Å²) in [5, 5.41) is 55.8. The standard InChI is InChI=1S/C45H48BrClIN14O20/c46-16-12-60(42(74)53-36(16)68)25-4-2-22(78-25)39(71)81-35(31(66)21-1-3-26(77-21)61-13-17(47)37(69)54-43(61)75)45(34(67)32-19(49)10-27(79-32)58-7-5-23(63)51-40(58)72)15(9-29(82-45)62-14-18(48)38(70)55-44(62)76)30(65)33-20(56-57-50)11-28(80-33)59-8-6-24(64)52-41(59)73/h5-8,12-15,19-22,25-34,39,65-67,71H,1-4,9-11,49H2,(H,51,63,72)(H,52,64,73)(H,53,68,74)(H,54,69,75)(H,55,70,76)/t15-,19+,20+,21+,22+,25-,26-,27-,28-,29-,30?,31?,32+,33+,34?,39?,45-/m1/s1. The molecule has 10 rings (SSSR count). The molecule has 0 saturated carbocycles. The zero-order valence-electron chi connectivity index (χ0n) is 41.8. The van der Waals surface area contributed by atoms with Crippen molar-refractivity contribution in [2.24, 2.45) is 16.8 Å². The number of aliphatic hydroxyl groups excluding tert-OH is 4. The third-order valence-electron chi connectivity index (χ3n) is 15.0. The van der Waals surface area contributed by atoms with Crippen molar-refractivity contribution in [2.75, 3.05) is 0 Å². The Kier molecular flexibility index (Phi) is 16.8. The van der Waals surface area contributed by atoms with E-state index in [0.29, 0.717) is 0 Å². The van der Waals surface area contributed by atoms with Gasteiger partial charge in [0.25, 0.3) is 27.8 Å². The van der Waals surface area contributed by atoms with E-state index in [1.165, 1.54) is 0 Å². The van der Waals surface area contributed by atoms with Crippen LogP contribution in [0.15, 0.2) is 101 Å². The second-order valence-corrected chi connectivity index (χ2v) is 22.3. The molecule has 34 nitrogen and oxygen atoms in total. The lowest BCUT2D eigenvalue weighted by molar-refractivity contribution is -0.272. The molecular formula is C45H48BrClIN14O20. The van der Waals surface area contributed by atoms with E-state index in [2.05, 4.69) is 50.9 Å². The van der Waals surface area contributed by atoms with Crippen LogP contribution in [0.4, 0.5) is 0 Å². The second kappa shape index (κ2) is 23.4. The summed E-state index contributed by atoms with van der Waals surface area (Å²) in [6.07, 6.45) is -20.4. The molecule has 82 heavy (non-hydrogen) atoms. The minimum absolute atomic E-state index is 0.0254. The number of nitrogens with two attached hydrogens (primary N) is 1. The highest BCUT2D eigenvalue weighted by Crippen LogP contribution is 2.56. The van der Waals surface area contributed by atoms with Crippen LogP contribution in [-0.4, -0.2) is 135 Å². The fraction of sp³-hybridized carbons (Fsp3) is 0.533. The maximum Gasteiger partial charge on any atom is 0.330 e. The quantitative estimate of drug-likeness (QED) is 0.0154. The highest BCUT2D eigenvalue weighted by Gasteiger charge is 2.69. The number of ether oxygens (including phenoxy) is 6. The van der Waals surface area contributed by atoms with Crippen LogP contribution in [0.1, 0.15) is 76.1 Å². The summed E-state index contributed by atoms with van der Waals surface area (Å²) in [5.74, 6) is -1.92. The first-order chi connectivity index (χ1) is 39.0. The zero-order valence-corrected chi connectivity index (χ0v) is 46.3. The average molecular weight is 1350 g/mol. The fourth-order valence-electron chi connectivity index (χ4n) is 11.2. The predicted octanol–water partition coefficient (Wildman–Crippen LogP) is -3.08. The zero-order chi connectivity index (χ0) is 58.8. The minimum atomic E-state index is -3.01. The largest absolute Gasteiger partial charge is 0.390 e. The van der Waals surface area contributed by atoms with Gasteiger partial charge < -0.3 is 54.6 Å². The molecule has 439 valence electrons. The molecule has 0 aromatic carbocycles. The molecule has 5 saturated heterocycles. The molecule has 5 aromatic rings. The molecule has 5 aliphatic heterocycles. The van der Waals surface area contributed by atoms with Crippen molar-refractivity contribution in [3.05, 3.63) is 177 Å². The molecule has 4 unspecified atom stereocenters. The van der Waals surface area contributed by atoms with Crippen molar-refractivity contribution >= 4 is 50.1 Å². The smallest absolute Gasteiger partial charge is 0.330 e. The van der Waals surface area contributed by atoms with E-state index in [0.717, 1.165) is 66.0 Å². The lowest BCUT2D eigenvalue weighted by Crippen LogP contribution is -2.66. The van der Waals surface area contributed by atoms with Gasteiger partial charge in [-0.1, -0.05) is 16.7 Å². The van der Waals surface area contributed by atoms with E-state index in [9.17, 15) is 73.9 Å². The summed E-state index contributed by atoms with van der Waals surface area (Å²) in [7, 11) is 0. The summed E-state index contributed by atoms with van der Waals surface area (Å²) in [6, 6.07) is -0.809. The van der Waals surface area contributed by atoms with Crippen LogP contribution in [-0.2, 0) is 28.4 Å². The van der Waals surface area contributed by atoms with Crippen molar-refractivity contribution in [1.82, 2.24) is 47.8 Å². The van der Waals surface area contributed by atoms with Gasteiger partial charge in [0.15, 0.2) is 12.4 Å². The number of H-pyrrole nitrogens is 5. The van der Waals surface area contributed by atoms with Crippen LogP contribution in [0.3, 0.4) is 0 Å². The molecule has 5 aromatic heterocycles. The van der Waals surface area contributed by atoms with E-state index < -0.39 is 178 Å². The van der Waals surface area contributed by atoms with Gasteiger partial charge in [-0.25, -0.2) is 24.0 Å². The Balaban J connectivity index is 1.15. The van der Waals surface area contributed by atoms with Gasteiger partial charge in [0.2, 0.25) is 0 Å². The SMILES string of the molecule is [N-]=[N+]=N[C@H]1C[C@H](n2ccc(=O)[nH]c2=O)O[C@@H]1C(O)[C@H]1C[C@H](n2cc(I)c(=O)[nH]c2=O)O[C@@]1([C](OC(O)[C@@H]1CC[C@H](n2cc(Br)c(=O)[nH]c2=O)O1)C(O)[C@@H]1CC[C@H](n2cc(Cl)c(=O)[nH]c2=O)O1)C(O)[C@H]1O[C@@H](n2ccc(=O)[nH]c2=O)C[C@@H]1N. The molecule has 5 fully saturated rings. The van der Waals surface area contributed by atoms with E-state index in [4.69, 9.17) is 45.8 Å². The molecule has 0 amide bonds. The van der Waals surface area contributed by atoms with Gasteiger partial charge >= 0.3 is 28.4 Å². The van der Waals surface area contributed by atoms with Crippen molar-refractivity contribution in [3.63, 3.8) is 0 Å². The van der Waals surface area contributed by atoms with Crippen LogP contribution in [0.5, 0.6) is 0 Å². The monoisotopic (exact) mass is 1350 g/mol. The van der Waals surface area contributed by atoms with Crippen molar-refractivity contribution in [1.29, 1.82) is 0 Å². The van der Waals surface area contributed by atoms with Gasteiger partial charge in [0.1, 0.15) is 66.2 Å². The molecule has 10 heterocycles. The summed E-state index contributed by atoms with van der Waals surface area (Å²) < 4.78 is 43.1. The van der Waals surface area contributed by atoms with E-state index in [1.54, 1.807) is 22.6 Å². The third-order valence-corrected chi connectivity index (χ3v) is 16.6. The van der Waals surface area contributed by atoms with Crippen molar-refractivity contribution < 1.29 is 48.8 Å². The van der Waals surface area contributed by atoms with E-state index >= 15 is 0 Å². The number of aliphatic hydroxyl groups is 4. The molecule has 17 atom stereocenters. The highest BCUT2D eigenvalue weighted by molar-refractivity contribution is 14.1. The first kappa shape index (κ1) is 58.9. The fourth-order valence-corrected chi connectivity index (χ4v) is 12.1. The van der Waals surface area contributed by atoms with Gasteiger partial charge in [-0.2, -0.15) is 0 Å². The number of azide groups is 1. The molecule has 11 N–H and O–H groups in total. The highest BCUT2D eigenvalue weighted by atomic mass is 127. The summed E-state index contributed by atoms with van der Waals surface area (Å²) in [5.41, 5.74) is 4.65. The molecule has 1 radical (unpaired) electrons. The molecule has 37 heteroatoms. The maximum absolute atomic E-state index is 14.0. The van der Waals surface area contributed by atoms with Gasteiger partial charge in [0, 0.05) is 79.3 Å². The number of aromatic nitrogens is 10. The summed E-state index contributed by atoms with van der Waals surface area (Å²) >= 11 is 10.8. The van der Waals surface area contributed by atoms with Gasteiger partial charge in [-0.15, -0.1) is 0 Å². The van der Waals surface area contributed by atoms with Gasteiger partial charge in [0.05, 0.1) is 32.4 Å². The lowest BCUT2D eigenvalue weighted by atomic mass is 9.69. The Morgan fingerprint density at radius 1 is 0.695 bits per heavy atom. The number of nitrogens with zero attached hydrogens (tertiary/aromatic N) is 8. The number of hydrogen-bond acceptors (Lipinski definition) is 22. The molecule has 5 aliphatic rings. The first-order valence-corrected chi connectivity index (χ1v) is 27.2. The average Bonchev–Trinajstić information content (AvgIpc) is 4.43. The van der Waals surface area contributed by atoms with Crippen LogP contribution >= 0.6 is 50.1 Å². The van der Waals surface area contributed by atoms with E-state index in [-0.39, 0.29) is 46.6 Å². The normalized spacial score (nSPS) is 30.6. The summed E-state index contributed by atoms with van der Waals surface area (Å²) in [4.78, 5) is 142. The lowest BCUT2D eigenvalue weighted by Gasteiger charge is -2.49. The number of aromatic amines is 5. The van der Waals surface area contributed by atoms with Crippen LogP contribution in [0.25, 0.3) is 10.4 Å². The predicted molar refractivity (Wildman–Crippen MR) is 286 cm³/mol. The first-order valence-electron chi connectivity index (χ1n) is 25.0. The molecule has 0 bridgehead atoms. The van der Waals surface area contributed by atoms with Gasteiger partial charge in [-0.05, 0) is 69.7 Å². The molecule has 0 aliphatic carbocycles. The minimum Gasteiger partial charge on any atom is -0.390 e. The van der Waals surface area contributed by atoms with Crippen molar-refractivity contribution in [2.45, 2.75) is 143 Å². The molecular weight excluding hydrogens is 1300 g/mol. The Morgan fingerprint density at radius 3 is 1.85 bits per heavy atom.